The second-order valence-corrected chi connectivity index (χ2v) is 5.23. The Balaban J connectivity index is 1.92. The molecule has 0 spiro atoms. The second kappa shape index (κ2) is 6.50. The van der Waals surface area contributed by atoms with Crippen LogP contribution in [0.2, 0.25) is 5.02 Å². The highest BCUT2D eigenvalue weighted by Gasteiger charge is 2.18. The zero-order valence-electron chi connectivity index (χ0n) is 10.8. The van der Waals surface area contributed by atoms with Crippen LogP contribution in [0.5, 0.6) is 0 Å². The SMILES string of the molecule is CCCN1CCN(Cc2c(F)cccc2Cl)CC1. The molecule has 1 heterocycles. The van der Waals surface area contributed by atoms with Gasteiger partial charge in [-0.1, -0.05) is 24.6 Å². The van der Waals surface area contributed by atoms with Crippen molar-refractivity contribution in [2.45, 2.75) is 19.9 Å². The minimum atomic E-state index is -0.196. The molecule has 0 unspecified atom stereocenters. The van der Waals surface area contributed by atoms with Crippen molar-refractivity contribution in [1.29, 1.82) is 0 Å². The van der Waals surface area contributed by atoms with E-state index in [0.717, 1.165) is 32.7 Å². The molecule has 18 heavy (non-hydrogen) atoms. The van der Waals surface area contributed by atoms with Gasteiger partial charge < -0.3 is 4.90 Å². The maximum atomic E-state index is 13.7. The Morgan fingerprint density at radius 3 is 2.44 bits per heavy atom. The first kappa shape index (κ1) is 13.8. The van der Waals surface area contributed by atoms with Gasteiger partial charge in [0.25, 0.3) is 0 Å². The predicted molar refractivity (Wildman–Crippen MR) is 73.4 cm³/mol. The molecule has 2 rings (SSSR count). The zero-order valence-corrected chi connectivity index (χ0v) is 11.6. The Morgan fingerprint density at radius 2 is 1.83 bits per heavy atom. The van der Waals surface area contributed by atoms with E-state index in [1.54, 1.807) is 12.1 Å². The van der Waals surface area contributed by atoms with E-state index >= 15 is 0 Å². The summed E-state index contributed by atoms with van der Waals surface area (Å²) >= 11 is 6.05. The van der Waals surface area contributed by atoms with Crippen molar-refractivity contribution in [1.82, 2.24) is 9.80 Å². The van der Waals surface area contributed by atoms with Crippen molar-refractivity contribution in [3.05, 3.63) is 34.6 Å². The average molecular weight is 271 g/mol. The van der Waals surface area contributed by atoms with Gasteiger partial charge in [-0.2, -0.15) is 0 Å². The number of nitrogens with zero attached hydrogens (tertiary/aromatic N) is 2. The average Bonchev–Trinajstić information content (AvgIpc) is 2.36. The minimum Gasteiger partial charge on any atom is -0.301 e. The summed E-state index contributed by atoms with van der Waals surface area (Å²) in [5.41, 5.74) is 0.628. The van der Waals surface area contributed by atoms with E-state index in [1.807, 2.05) is 0 Å². The maximum absolute atomic E-state index is 13.7. The lowest BCUT2D eigenvalue weighted by atomic mass is 10.2. The summed E-state index contributed by atoms with van der Waals surface area (Å²) in [5.74, 6) is -0.196. The molecule has 0 bridgehead atoms. The molecule has 4 heteroatoms. The van der Waals surface area contributed by atoms with E-state index in [1.165, 1.54) is 12.5 Å². The zero-order chi connectivity index (χ0) is 13.0. The molecule has 1 fully saturated rings. The van der Waals surface area contributed by atoms with E-state index in [9.17, 15) is 4.39 Å². The van der Waals surface area contributed by atoms with Crippen LogP contribution in [0, 0.1) is 5.82 Å². The summed E-state index contributed by atoms with van der Waals surface area (Å²) in [5, 5.41) is 0.533. The van der Waals surface area contributed by atoms with Crippen molar-refractivity contribution in [3.63, 3.8) is 0 Å². The van der Waals surface area contributed by atoms with E-state index < -0.39 is 0 Å². The summed E-state index contributed by atoms with van der Waals surface area (Å²) < 4.78 is 13.7. The lowest BCUT2D eigenvalue weighted by molar-refractivity contribution is 0.126. The van der Waals surface area contributed by atoms with Gasteiger partial charge in [-0.25, -0.2) is 4.39 Å². The molecule has 100 valence electrons. The van der Waals surface area contributed by atoms with Gasteiger partial charge in [0.05, 0.1) is 0 Å². The molecule has 1 aromatic rings. The standard InChI is InChI=1S/C14H20ClFN2/c1-2-6-17-7-9-18(10-8-17)11-12-13(15)4-3-5-14(12)16/h3-5H,2,6-11H2,1H3. The monoisotopic (exact) mass is 270 g/mol. The number of hydrogen-bond acceptors (Lipinski definition) is 2. The summed E-state index contributed by atoms with van der Waals surface area (Å²) in [6.45, 7) is 8.10. The number of rotatable bonds is 4. The fourth-order valence-corrected chi connectivity index (χ4v) is 2.62. The Labute approximate surface area is 113 Å². The van der Waals surface area contributed by atoms with Crippen LogP contribution in [0.1, 0.15) is 18.9 Å². The van der Waals surface area contributed by atoms with Crippen molar-refractivity contribution < 1.29 is 4.39 Å². The van der Waals surface area contributed by atoms with Crippen molar-refractivity contribution in [2.75, 3.05) is 32.7 Å². The Hall–Kier alpha value is -0.640. The predicted octanol–water partition coefficient (Wildman–Crippen LogP) is 3.01. The normalized spacial score (nSPS) is 18.2. The highest BCUT2D eigenvalue weighted by atomic mass is 35.5. The molecule has 0 amide bonds. The molecule has 2 nitrogen and oxygen atoms in total. The third kappa shape index (κ3) is 3.44. The van der Waals surface area contributed by atoms with Gasteiger partial charge in [-0.05, 0) is 25.1 Å². The van der Waals surface area contributed by atoms with Crippen LogP contribution in [0.15, 0.2) is 18.2 Å². The smallest absolute Gasteiger partial charge is 0.129 e. The molecule has 0 aromatic heterocycles. The van der Waals surface area contributed by atoms with Gasteiger partial charge in [-0.3, -0.25) is 4.90 Å². The summed E-state index contributed by atoms with van der Waals surface area (Å²) in [6.07, 6.45) is 1.19. The molecule has 0 aliphatic carbocycles. The van der Waals surface area contributed by atoms with Crippen LogP contribution in [0.3, 0.4) is 0 Å². The lowest BCUT2D eigenvalue weighted by Crippen LogP contribution is -2.46. The molecule has 1 aliphatic rings. The molecular weight excluding hydrogens is 251 g/mol. The van der Waals surface area contributed by atoms with Crippen molar-refractivity contribution >= 4 is 11.6 Å². The van der Waals surface area contributed by atoms with Crippen LogP contribution in [0.25, 0.3) is 0 Å². The summed E-state index contributed by atoms with van der Waals surface area (Å²) in [7, 11) is 0. The van der Waals surface area contributed by atoms with Crippen LogP contribution in [0.4, 0.5) is 4.39 Å². The lowest BCUT2D eigenvalue weighted by Gasteiger charge is -2.34. The first-order valence-electron chi connectivity index (χ1n) is 6.58. The quantitative estimate of drug-likeness (QED) is 0.830. The molecular formula is C14H20ClFN2. The number of benzene rings is 1. The van der Waals surface area contributed by atoms with Gasteiger partial charge in [0.2, 0.25) is 0 Å². The minimum absolute atomic E-state index is 0.196. The van der Waals surface area contributed by atoms with E-state index in [2.05, 4.69) is 16.7 Å². The third-order valence-corrected chi connectivity index (χ3v) is 3.80. The first-order chi connectivity index (χ1) is 8.70. The molecule has 0 radical (unpaired) electrons. The van der Waals surface area contributed by atoms with Crippen LogP contribution >= 0.6 is 11.6 Å². The fraction of sp³-hybridized carbons (Fsp3) is 0.571. The molecule has 1 aromatic carbocycles. The van der Waals surface area contributed by atoms with E-state index in [4.69, 9.17) is 11.6 Å². The van der Waals surface area contributed by atoms with Crippen molar-refractivity contribution in [2.24, 2.45) is 0 Å². The van der Waals surface area contributed by atoms with E-state index in [-0.39, 0.29) is 5.82 Å². The summed E-state index contributed by atoms with van der Waals surface area (Å²) in [6, 6.07) is 4.89. The highest BCUT2D eigenvalue weighted by molar-refractivity contribution is 6.31. The van der Waals surface area contributed by atoms with E-state index in [0.29, 0.717) is 17.1 Å². The Kier molecular flexibility index (Phi) is 4.98. The van der Waals surface area contributed by atoms with Gasteiger partial charge >= 0.3 is 0 Å². The van der Waals surface area contributed by atoms with Gasteiger partial charge in [0.1, 0.15) is 5.82 Å². The van der Waals surface area contributed by atoms with Crippen molar-refractivity contribution in [3.8, 4) is 0 Å². The van der Waals surface area contributed by atoms with Gasteiger partial charge in [-0.15, -0.1) is 0 Å². The number of halogens is 2. The number of piperazine rings is 1. The van der Waals surface area contributed by atoms with Crippen LogP contribution in [-0.2, 0) is 6.54 Å². The Bertz CT molecular complexity index is 369. The van der Waals surface area contributed by atoms with Crippen LogP contribution in [-0.4, -0.2) is 42.5 Å². The molecule has 0 N–H and O–H groups in total. The van der Waals surface area contributed by atoms with Gasteiger partial charge in [0.15, 0.2) is 0 Å². The third-order valence-electron chi connectivity index (χ3n) is 3.45. The maximum Gasteiger partial charge on any atom is 0.129 e. The van der Waals surface area contributed by atoms with Gasteiger partial charge in [0, 0.05) is 43.3 Å². The number of hydrogen-bond donors (Lipinski definition) is 0. The van der Waals surface area contributed by atoms with Crippen LogP contribution < -0.4 is 0 Å². The summed E-state index contributed by atoms with van der Waals surface area (Å²) in [4.78, 5) is 4.73. The molecule has 1 saturated heterocycles. The molecule has 0 atom stereocenters. The molecule has 1 aliphatic heterocycles. The second-order valence-electron chi connectivity index (χ2n) is 4.82. The first-order valence-corrected chi connectivity index (χ1v) is 6.96. The fourth-order valence-electron chi connectivity index (χ4n) is 2.39. The topological polar surface area (TPSA) is 6.48 Å². The molecule has 0 saturated carbocycles. The largest absolute Gasteiger partial charge is 0.301 e. The Morgan fingerprint density at radius 1 is 1.17 bits per heavy atom. The highest BCUT2D eigenvalue weighted by Crippen LogP contribution is 2.21.